The van der Waals surface area contributed by atoms with E-state index >= 15 is 0 Å². The van der Waals surface area contributed by atoms with E-state index in [0.717, 1.165) is 11.1 Å². The van der Waals surface area contributed by atoms with Crippen LogP contribution in [0.3, 0.4) is 0 Å². The molecule has 1 aliphatic heterocycles. The number of benzene rings is 2. The number of hydrogen-bond acceptors (Lipinski definition) is 2. The van der Waals surface area contributed by atoms with Crippen LogP contribution in [0.4, 0.5) is 4.79 Å². The molecule has 5 heteroatoms. The minimum atomic E-state index is -0.831. The summed E-state index contributed by atoms with van der Waals surface area (Å²) in [4.78, 5) is 24.7. The maximum Gasteiger partial charge on any atom is 0.317 e. The quantitative estimate of drug-likeness (QED) is 0.899. The first-order chi connectivity index (χ1) is 12.0. The van der Waals surface area contributed by atoms with Gasteiger partial charge in [-0.05, 0) is 30.0 Å². The van der Waals surface area contributed by atoms with Gasteiger partial charge in [-0.2, -0.15) is 0 Å². The first-order valence-electron chi connectivity index (χ1n) is 8.44. The van der Waals surface area contributed by atoms with E-state index in [0.29, 0.717) is 19.5 Å². The van der Waals surface area contributed by atoms with Gasteiger partial charge in [-0.15, -0.1) is 0 Å². The van der Waals surface area contributed by atoms with E-state index in [1.165, 1.54) is 11.1 Å². The van der Waals surface area contributed by atoms with Crippen molar-refractivity contribution in [1.82, 2.24) is 10.2 Å². The van der Waals surface area contributed by atoms with Crippen molar-refractivity contribution in [2.75, 3.05) is 13.1 Å². The second-order valence-corrected chi connectivity index (χ2v) is 6.49. The van der Waals surface area contributed by atoms with Crippen LogP contribution in [0, 0.1) is 12.8 Å². The molecule has 2 aromatic carbocycles. The molecule has 2 amide bonds. The third-order valence-corrected chi connectivity index (χ3v) is 4.57. The van der Waals surface area contributed by atoms with Gasteiger partial charge in [0.15, 0.2) is 0 Å². The molecule has 0 aliphatic carbocycles. The Hall–Kier alpha value is -2.82. The number of nitrogens with zero attached hydrogens (tertiary/aromatic N) is 1. The number of nitrogens with one attached hydrogen (secondary N) is 1. The molecule has 2 aromatic rings. The van der Waals surface area contributed by atoms with Crippen LogP contribution in [0.15, 0.2) is 48.5 Å². The third kappa shape index (κ3) is 4.18. The van der Waals surface area contributed by atoms with Crippen molar-refractivity contribution in [3.05, 3.63) is 59.7 Å². The smallest absolute Gasteiger partial charge is 0.317 e. The number of rotatable bonds is 4. The molecule has 2 N–H and O–H groups in total. The van der Waals surface area contributed by atoms with Crippen LogP contribution >= 0.6 is 0 Å². The van der Waals surface area contributed by atoms with Crippen LogP contribution in [-0.2, 0) is 11.3 Å². The van der Waals surface area contributed by atoms with Gasteiger partial charge in [-0.1, -0.05) is 54.1 Å². The molecule has 0 radical (unpaired) electrons. The summed E-state index contributed by atoms with van der Waals surface area (Å²) in [7, 11) is 0. The highest BCUT2D eigenvalue weighted by molar-refractivity contribution is 5.77. The topological polar surface area (TPSA) is 69.6 Å². The maximum atomic E-state index is 12.1. The average molecular weight is 338 g/mol. The Morgan fingerprint density at radius 2 is 1.92 bits per heavy atom. The van der Waals surface area contributed by atoms with E-state index in [4.69, 9.17) is 5.11 Å². The Labute approximate surface area is 147 Å². The molecule has 0 aromatic heterocycles. The lowest BCUT2D eigenvalue weighted by molar-refractivity contribution is -0.141. The van der Waals surface area contributed by atoms with Gasteiger partial charge in [0.05, 0.1) is 5.92 Å². The Morgan fingerprint density at radius 1 is 1.16 bits per heavy atom. The molecule has 130 valence electrons. The Morgan fingerprint density at radius 3 is 2.56 bits per heavy atom. The first-order valence-corrected chi connectivity index (χ1v) is 8.44. The van der Waals surface area contributed by atoms with Gasteiger partial charge in [0, 0.05) is 19.6 Å². The van der Waals surface area contributed by atoms with Gasteiger partial charge in [0.1, 0.15) is 0 Å². The molecule has 3 rings (SSSR count). The van der Waals surface area contributed by atoms with E-state index < -0.39 is 11.9 Å². The van der Waals surface area contributed by atoms with Crippen LogP contribution < -0.4 is 5.32 Å². The molecule has 0 bridgehead atoms. The third-order valence-electron chi connectivity index (χ3n) is 4.57. The minimum Gasteiger partial charge on any atom is -0.481 e. The van der Waals surface area contributed by atoms with Crippen LogP contribution in [0.25, 0.3) is 11.1 Å². The number of carboxylic acids is 1. The number of carbonyl (C=O) groups is 2. The van der Waals surface area contributed by atoms with Gasteiger partial charge in [-0.25, -0.2) is 4.79 Å². The molecule has 5 nitrogen and oxygen atoms in total. The normalized spacial score (nSPS) is 16.7. The summed E-state index contributed by atoms with van der Waals surface area (Å²) in [6, 6.07) is 16.2. The molecule has 25 heavy (non-hydrogen) atoms. The van der Waals surface area contributed by atoms with E-state index in [1.807, 2.05) is 30.3 Å². The zero-order chi connectivity index (χ0) is 17.8. The number of carbonyl (C=O) groups excluding carboxylic acids is 1. The zero-order valence-electron chi connectivity index (χ0n) is 14.2. The highest BCUT2D eigenvalue weighted by Crippen LogP contribution is 2.21. The molecule has 1 heterocycles. The van der Waals surface area contributed by atoms with Crippen LogP contribution in [0.1, 0.15) is 17.5 Å². The number of hydrogen-bond donors (Lipinski definition) is 2. The van der Waals surface area contributed by atoms with Gasteiger partial charge in [0.2, 0.25) is 0 Å². The number of amides is 2. The molecule has 1 saturated heterocycles. The van der Waals surface area contributed by atoms with Crippen molar-refractivity contribution in [3.63, 3.8) is 0 Å². The van der Waals surface area contributed by atoms with E-state index in [-0.39, 0.29) is 12.6 Å². The van der Waals surface area contributed by atoms with Crippen LogP contribution in [-0.4, -0.2) is 35.1 Å². The second-order valence-electron chi connectivity index (χ2n) is 6.49. The summed E-state index contributed by atoms with van der Waals surface area (Å²) in [5, 5.41) is 11.9. The van der Waals surface area contributed by atoms with E-state index in [9.17, 15) is 9.59 Å². The van der Waals surface area contributed by atoms with E-state index in [2.05, 4.69) is 30.4 Å². The predicted octanol–water partition coefficient (Wildman–Crippen LogP) is 3.28. The number of urea groups is 1. The average Bonchev–Trinajstić information content (AvgIpc) is 3.11. The maximum absolute atomic E-state index is 12.1. The minimum absolute atomic E-state index is 0.202. The van der Waals surface area contributed by atoms with Crippen molar-refractivity contribution >= 4 is 12.0 Å². The molecule has 0 saturated carbocycles. The summed E-state index contributed by atoms with van der Waals surface area (Å²) < 4.78 is 0. The second kappa shape index (κ2) is 7.38. The lowest BCUT2D eigenvalue weighted by Crippen LogP contribution is -2.38. The van der Waals surface area contributed by atoms with Gasteiger partial charge in [-0.3, -0.25) is 4.79 Å². The monoisotopic (exact) mass is 338 g/mol. The molecule has 1 atom stereocenters. The van der Waals surface area contributed by atoms with Crippen molar-refractivity contribution < 1.29 is 14.7 Å². The Kier molecular flexibility index (Phi) is 5.03. The summed E-state index contributed by atoms with van der Waals surface area (Å²) in [5.74, 6) is -1.28. The fourth-order valence-electron chi connectivity index (χ4n) is 3.08. The summed E-state index contributed by atoms with van der Waals surface area (Å²) >= 11 is 0. The largest absolute Gasteiger partial charge is 0.481 e. The number of aliphatic carboxylic acids is 1. The summed E-state index contributed by atoms with van der Waals surface area (Å²) in [5.41, 5.74) is 4.55. The Bertz CT molecular complexity index is 771. The molecular weight excluding hydrogens is 316 g/mol. The van der Waals surface area contributed by atoms with Gasteiger partial charge in [0.25, 0.3) is 0 Å². The van der Waals surface area contributed by atoms with Gasteiger partial charge >= 0.3 is 12.0 Å². The van der Waals surface area contributed by atoms with Crippen molar-refractivity contribution in [1.29, 1.82) is 0 Å². The fourth-order valence-corrected chi connectivity index (χ4v) is 3.08. The molecule has 1 aliphatic rings. The number of aryl methyl sites for hydroxylation is 1. The fraction of sp³-hybridized carbons (Fsp3) is 0.300. The summed E-state index contributed by atoms with van der Waals surface area (Å²) in [6.45, 7) is 3.28. The predicted molar refractivity (Wildman–Crippen MR) is 96.2 cm³/mol. The van der Waals surface area contributed by atoms with Gasteiger partial charge < -0.3 is 15.3 Å². The lowest BCUT2D eigenvalue weighted by Gasteiger charge is -2.16. The highest BCUT2D eigenvalue weighted by Gasteiger charge is 2.30. The lowest BCUT2D eigenvalue weighted by atomic mass is 10.0. The molecule has 1 unspecified atom stereocenters. The molecule has 0 spiro atoms. The molecular formula is C20H22N2O3. The highest BCUT2D eigenvalue weighted by atomic mass is 16.4. The standard InChI is InChI=1S/C20H22N2O3/c1-14-3-2-4-17(11-14)16-7-5-15(6-8-16)12-21-20(25)22-10-9-18(13-22)19(23)24/h2-8,11,18H,9-10,12-13H2,1H3,(H,21,25)(H,23,24). The summed E-state index contributed by atoms with van der Waals surface area (Å²) in [6.07, 6.45) is 0.522. The number of carboxylic acid groups (broad SMARTS) is 1. The zero-order valence-corrected chi connectivity index (χ0v) is 14.2. The van der Waals surface area contributed by atoms with Crippen LogP contribution in [0.2, 0.25) is 0 Å². The number of likely N-dealkylation sites (tertiary alicyclic amines) is 1. The Balaban J connectivity index is 1.55. The van der Waals surface area contributed by atoms with Crippen molar-refractivity contribution in [3.8, 4) is 11.1 Å². The van der Waals surface area contributed by atoms with Crippen LogP contribution in [0.5, 0.6) is 0 Å². The first kappa shape index (κ1) is 17.0. The molecule has 1 fully saturated rings. The van der Waals surface area contributed by atoms with Crippen molar-refractivity contribution in [2.24, 2.45) is 5.92 Å². The van der Waals surface area contributed by atoms with Crippen molar-refractivity contribution in [2.45, 2.75) is 19.9 Å². The SMILES string of the molecule is Cc1cccc(-c2ccc(CNC(=O)N3CCC(C(=O)O)C3)cc2)c1. The van der Waals surface area contributed by atoms with E-state index in [1.54, 1.807) is 4.90 Å².